The van der Waals surface area contributed by atoms with Crippen molar-refractivity contribution in [1.82, 2.24) is 0 Å². The molecule has 0 bridgehead atoms. The van der Waals surface area contributed by atoms with Gasteiger partial charge in [-0.2, -0.15) is 0 Å². The molecule has 9 nitrogen and oxygen atoms in total. The summed E-state index contributed by atoms with van der Waals surface area (Å²) >= 11 is 0. The van der Waals surface area contributed by atoms with E-state index in [0.29, 0.717) is 17.1 Å². The molecule has 112 valence electrons. The standard InChI is InChI=1S/C13H9N3O6/c17-11-6-21-9-2-1-7(5-8(9)15-11)14-13(18)10-3-4-12(22-10)16(19)20/h1-5H,6H2,(H,14,18)(H,15,17). The van der Waals surface area contributed by atoms with E-state index in [1.807, 2.05) is 0 Å². The van der Waals surface area contributed by atoms with Crippen molar-refractivity contribution in [3.63, 3.8) is 0 Å². The van der Waals surface area contributed by atoms with E-state index in [1.54, 1.807) is 12.1 Å². The first-order chi connectivity index (χ1) is 10.5. The molecule has 0 atom stereocenters. The Morgan fingerprint density at radius 2 is 2.14 bits per heavy atom. The van der Waals surface area contributed by atoms with Crippen LogP contribution in [-0.2, 0) is 4.79 Å². The second kappa shape index (κ2) is 5.20. The lowest BCUT2D eigenvalue weighted by molar-refractivity contribution is -0.402. The number of rotatable bonds is 3. The summed E-state index contributed by atoms with van der Waals surface area (Å²) in [5.41, 5.74) is 0.813. The predicted octanol–water partition coefficient (Wildman–Crippen LogP) is 1.77. The zero-order valence-corrected chi connectivity index (χ0v) is 11.0. The normalized spacial score (nSPS) is 12.8. The molecule has 22 heavy (non-hydrogen) atoms. The van der Waals surface area contributed by atoms with Gasteiger partial charge >= 0.3 is 5.88 Å². The first-order valence-electron chi connectivity index (χ1n) is 6.15. The molecule has 0 saturated carbocycles. The van der Waals surface area contributed by atoms with Crippen LogP contribution in [0.15, 0.2) is 34.7 Å². The van der Waals surface area contributed by atoms with Gasteiger partial charge in [0, 0.05) is 5.69 Å². The molecule has 2 aromatic rings. The van der Waals surface area contributed by atoms with E-state index in [9.17, 15) is 19.7 Å². The van der Waals surface area contributed by atoms with Crippen molar-refractivity contribution in [3.8, 4) is 5.75 Å². The van der Waals surface area contributed by atoms with E-state index in [4.69, 9.17) is 9.15 Å². The smallest absolute Gasteiger partial charge is 0.433 e. The third kappa shape index (κ3) is 2.59. The Hall–Kier alpha value is -3.36. The molecule has 0 fully saturated rings. The van der Waals surface area contributed by atoms with Crippen molar-refractivity contribution in [2.75, 3.05) is 17.2 Å². The first kappa shape index (κ1) is 13.6. The fourth-order valence-electron chi connectivity index (χ4n) is 1.90. The molecule has 9 heteroatoms. The van der Waals surface area contributed by atoms with Gasteiger partial charge in [-0.05, 0) is 24.3 Å². The molecule has 0 radical (unpaired) electrons. The summed E-state index contributed by atoms with van der Waals surface area (Å²) in [6, 6.07) is 6.98. The lowest BCUT2D eigenvalue weighted by Gasteiger charge is -2.18. The third-order valence-corrected chi connectivity index (χ3v) is 2.87. The maximum atomic E-state index is 11.9. The summed E-state index contributed by atoms with van der Waals surface area (Å²) in [5, 5.41) is 15.6. The van der Waals surface area contributed by atoms with Gasteiger partial charge < -0.3 is 19.8 Å². The van der Waals surface area contributed by atoms with Gasteiger partial charge in [-0.1, -0.05) is 0 Å². The highest BCUT2D eigenvalue weighted by molar-refractivity contribution is 6.03. The van der Waals surface area contributed by atoms with Crippen molar-refractivity contribution in [3.05, 3.63) is 46.2 Å². The highest BCUT2D eigenvalue weighted by atomic mass is 16.6. The van der Waals surface area contributed by atoms with Gasteiger partial charge in [0.1, 0.15) is 10.7 Å². The van der Waals surface area contributed by atoms with Crippen LogP contribution >= 0.6 is 0 Å². The van der Waals surface area contributed by atoms with Crippen molar-refractivity contribution in [2.45, 2.75) is 0 Å². The summed E-state index contributed by atoms with van der Waals surface area (Å²) in [7, 11) is 0. The average molecular weight is 303 g/mol. The van der Waals surface area contributed by atoms with Gasteiger partial charge in [0.25, 0.3) is 11.8 Å². The summed E-state index contributed by atoms with van der Waals surface area (Å²) in [6.45, 7) is -0.0607. The average Bonchev–Trinajstić information content (AvgIpc) is 2.97. The molecule has 0 spiro atoms. The van der Waals surface area contributed by atoms with Crippen molar-refractivity contribution < 1.29 is 23.7 Å². The predicted molar refractivity (Wildman–Crippen MR) is 73.9 cm³/mol. The molecule has 2 amide bonds. The van der Waals surface area contributed by atoms with Gasteiger partial charge in [-0.15, -0.1) is 0 Å². The third-order valence-electron chi connectivity index (χ3n) is 2.87. The van der Waals surface area contributed by atoms with Gasteiger partial charge in [0.15, 0.2) is 12.4 Å². The molecule has 1 aliphatic heterocycles. The summed E-state index contributed by atoms with van der Waals surface area (Å²) in [4.78, 5) is 33.0. The topological polar surface area (TPSA) is 124 Å². The zero-order valence-electron chi connectivity index (χ0n) is 11.0. The maximum Gasteiger partial charge on any atom is 0.433 e. The van der Waals surface area contributed by atoms with Crippen LogP contribution in [-0.4, -0.2) is 23.3 Å². The Balaban J connectivity index is 1.77. The Kier molecular flexibility index (Phi) is 3.22. The molecule has 2 heterocycles. The van der Waals surface area contributed by atoms with Crippen LogP contribution in [0, 0.1) is 10.1 Å². The van der Waals surface area contributed by atoms with Gasteiger partial charge in [-0.25, -0.2) is 0 Å². The molecule has 0 unspecified atom stereocenters. The minimum absolute atomic E-state index is 0.0607. The summed E-state index contributed by atoms with van der Waals surface area (Å²) in [6.07, 6.45) is 0. The van der Waals surface area contributed by atoms with Crippen LogP contribution < -0.4 is 15.4 Å². The summed E-state index contributed by atoms with van der Waals surface area (Å²) < 4.78 is 9.99. The van der Waals surface area contributed by atoms with Gasteiger partial charge in [0.2, 0.25) is 0 Å². The number of nitrogens with zero attached hydrogens (tertiary/aromatic N) is 1. The van der Waals surface area contributed by atoms with E-state index < -0.39 is 16.7 Å². The molecular formula is C13H9N3O6. The number of ether oxygens (including phenoxy) is 1. The highest BCUT2D eigenvalue weighted by Gasteiger charge is 2.19. The largest absolute Gasteiger partial charge is 0.482 e. The van der Waals surface area contributed by atoms with E-state index >= 15 is 0 Å². The Labute approximate surface area is 123 Å². The summed E-state index contributed by atoms with van der Waals surface area (Å²) in [5.74, 6) is -1.15. The highest BCUT2D eigenvalue weighted by Crippen LogP contribution is 2.30. The number of carbonyl (C=O) groups is 2. The van der Waals surface area contributed by atoms with Crippen LogP contribution in [0.1, 0.15) is 10.6 Å². The Morgan fingerprint density at radius 1 is 1.32 bits per heavy atom. The number of hydrogen-bond donors (Lipinski definition) is 2. The number of amides is 2. The molecule has 0 aliphatic carbocycles. The minimum atomic E-state index is -0.734. The van der Waals surface area contributed by atoms with Crippen molar-refractivity contribution in [1.29, 1.82) is 0 Å². The van der Waals surface area contributed by atoms with E-state index in [0.717, 1.165) is 6.07 Å². The molecule has 3 rings (SSSR count). The molecular weight excluding hydrogens is 294 g/mol. The quantitative estimate of drug-likeness (QED) is 0.657. The number of nitrogens with one attached hydrogen (secondary N) is 2. The van der Waals surface area contributed by atoms with Crippen molar-refractivity contribution >= 4 is 29.1 Å². The van der Waals surface area contributed by atoms with Crippen LogP contribution in [0.4, 0.5) is 17.3 Å². The van der Waals surface area contributed by atoms with Gasteiger partial charge in [-0.3, -0.25) is 19.7 Å². The van der Waals surface area contributed by atoms with Crippen LogP contribution in [0.2, 0.25) is 0 Å². The van der Waals surface area contributed by atoms with Crippen LogP contribution in [0.3, 0.4) is 0 Å². The van der Waals surface area contributed by atoms with Crippen LogP contribution in [0.5, 0.6) is 5.75 Å². The van der Waals surface area contributed by atoms with E-state index in [1.165, 1.54) is 12.1 Å². The number of nitro groups is 1. The van der Waals surface area contributed by atoms with Gasteiger partial charge in [0.05, 0.1) is 11.8 Å². The molecule has 0 saturated heterocycles. The monoisotopic (exact) mass is 303 g/mol. The first-order valence-corrected chi connectivity index (χ1v) is 6.15. The fourth-order valence-corrected chi connectivity index (χ4v) is 1.90. The number of furan rings is 1. The zero-order chi connectivity index (χ0) is 15.7. The second-order valence-corrected chi connectivity index (χ2v) is 4.40. The number of fused-ring (bicyclic) bond motifs is 1. The number of hydrogen-bond acceptors (Lipinski definition) is 6. The Bertz CT molecular complexity index is 782. The molecule has 1 aromatic heterocycles. The number of benzene rings is 1. The minimum Gasteiger partial charge on any atom is -0.482 e. The number of anilines is 2. The maximum absolute atomic E-state index is 11.9. The van der Waals surface area contributed by atoms with E-state index in [2.05, 4.69) is 10.6 Å². The lowest BCUT2D eigenvalue weighted by atomic mass is 10.2. The number of carbonyl (C=O) groups excluding carboxylic acids is 2. The van der Waals surface area contributed by atoms with Crippen molar-refractivity contribution in [2.24, 2.45) is 0 Å². The lowest BCUT2D eigenvalue weighted by Crippen LogP contribution is -2.25. The molecule has 2 N–H and O–H groups in total. The fraction of sp³-hybridized carbons (Fsp3) is 0.0769. The second-order valence-electron chi connectivity index (χ2n) is 4.40. The SMILES string of the molecule is O=C1COc2ccc(NC(=O)c3ccc([N+](=O)[O-])o3)cc2N1. The Morgan fingerprint density at radius 3 is 2.86 bits per heavy atom. The van der Waals surface area contributed by atoms with Crippen LogP contribution in [0.25, 0.3) is 0 Å². The molecule has 1 aromatic carbocycles. The molecule has 1 aliphatic rings. The van der Waals surface area contributed by atoms with E-state index in [-0.39, 0.29) is 18.3 Å².